The van der Waals surface area contributed by atoms with Crippen LogP contribution in [0.5, 0.6) is 5.75 Å². The summed E-state index contributed by atoms with van der Waals surface area (Å²) < 4.78 is 5.82. The molecule has 1 saturated heterocycles. The van der Waals surface area contributed by atoms with E-state index in [-0.39, 0.29) is 11.8 Å². The molecule has 1 unspecified atom stereocenters. The Kier molecular flexibility index (Phi) is 5.59. The first-order valence-corrected chi connectivity index (χ1v) is 9.94. The molecule has 28 heavy (non-hydrogen) atoms. The minimum absolute atomic E-state index is 0.0834. The molecule has 0 saturated carbocycles. The summed E-state index contributed by atoms with van der Waals surface area (Å²) in [4.78, 5) is 17.5. The molecule has 5 heteroatoms. The summed E-state index contributed by atoms with van der Waals surface area (Å²) in [6.45, 7) is 4.74. The standard InChI is InChI=1S/C23H25N3O2/c24-15-18-6-8-19(9-7-18)16-25-10-3-11-26(13-12-25)23(27)21-14-20-4-1-2-5-22(20)28-17-21/h1-2,4-9,21H,3,10-14,16-17H2. The number of nitrogens with zero attached hydrogens (tertiary/aromatic N) is 3. The molecule has 0 bridgehead atoms. The molecule has 0 aliphatic carbocycles. The van der Waals surface area contributed by atoms with Gasteiger partial charge < -0.3 is 9.64 Å². The van der Waals surface area contributed by atoms with Gasteiger partial charge >= 0.3 is 0 Å². The number of carbonyl (C=O) groups is 1. The molecule has 2 aromatic rings. The SMILES string of the molecule is N#Cc1ccc(CN2CCCN(C(=O)C3COc4ccccc4C3)CC2)cc1. The largest absolute Gasteiger partial charge is 0.492 e. The summed E-state index contributed by atoms with van der Waals surface area (Å²) in [5.41, 5.74) is 3.02. The maximum atomic E-state index is 13.0. The van der Waals surface area contributed by atoms with E-state index in [0.717, 1.165) is 56.9 Å². The van der Waals surface area contributed by atoms with E-state index in [1.54, 1.807) is 0 Å². The van der Waals surface area contributed by atoms with Gasteiger partial charge in [-0.15, -0.1) is 0 Å². The summed E-state index contributed by atoms with van der Waals surface area (Å²) >= 11 is 0. The normalized spacial score (nSPS) is 19.8. The van der Waals surface area contributed by atoms with Crippen LogP contribution in [-0.2, 0) is 17.8 Å². The van der Waals surface area contributed by atoms with Gasteiger partial charge in [-0.1, -0.05) is 30.3 Å². The Hall–Kier alpha value is -2.84. The van der Waals surface area contributed by atoms with Crippen LogP contribution < -0.4 is 4.74 Å². The molecule has 5 nitrogen and oxygen atoms in total. The zero-order chi connectivity index (χ0) is 19.3. The summed E-state index contributed by atoms with van der Waals surface area (Å²) in [5.74, 6) is 1.05. The average Bonchev–Trinajstić information content (AvgIpc) is 2.99. The van der Waals surface area contributed by atoms with Gasteiger partial charge in [-0.3, -0.25) is 9.69 Å². The van der Waals surface area contributed by atoms with Crippen molar-refractivity contribution in [1.82, 2.24) is 9.80 Å². The second kappa shape index (κ2) is 8.45. The van der Waals surface area contributed by atoms with Crippen molar-refractivity contribution in [2.45, 2.75) is 19.4 Å². The lowest BCUT2D eigenvalue weighted by Crippen LogP contribution is -2.42. The minimum Gasteiger partial charge on any atom is -0.492 e. The number of benzene rings is 2. The molecular formula is C23H25N3O2. The van der Waals surface area contributed by atoms with Crippen LogP contribution in [0, 0.1) is 17.2 Å². The lowest BCUT2D eigenvalue weighted by molar-refractivity contribution is -0.136. The number of carbonyl (C=O) groups excluding carboxylic acids is 1. The number of hydrogen-bond donors (Lipinski definition) is 0. The van der Waals surface area contributed by atoms with Gasteiger partial charge in [0.15, 0.2) is 0 Å². The van der Waals surface area contributed by atoms with Gasteiger partial charge in [0.1, 0.15) is 12.4 Å². The summed E-state index contributed by atoms with van der Waals surface area (Å²) in [6, 6.07) is 17.9. The van der Waals surface area contributed by atoms with Crippen molar-refractivity contribution < 1.29 is 9.53 Å². The zero-order valence-corrected chi connectivity index (χ0v) is 16.0. The molecule has 1 fully saturated rings. The van der Waals surface area contributed by atoms with E-state index in [1.807, 2.05) is 47.4 Å². The molecule has 4 rings (SSSR count). The zero-order valence-electron chi connectivity index (χ0n) is 16.0. The van der Waals surface area contributed by atoms with Crippen molar-refractivity contribution >= 4 is 5.91 Å². The maximum absolute atomic E-state index is 13.0. The van der Waals surface area contributed by atoms with Gasteiger partial charge in [0, 0.05) is 32.7 Å². The summed E-state index contributed by atoms with van der Waals surface area (Å²) in [5, 5.41) is 8.92. The first-order valence-electron chi connectivity index (χ1n) is 9.94. The van der Waals surface area contributed by atoms with Gasteiger partial charge in [-0.25, -0.2) is 0 Å². The van der Waals surface area contributed by atoms with E-state index in [2.05, 4.69) is 17.0 Å². The number of ether oxygens (including phenoxy) is 1. The fourth-order valence-corrected chi connectivity index (χ4v) is 4.04. The minimum atomic E-state index is -0.0834. The Balaban J connectivity index is 1.33. The third-order valence-electron chi connectivity index (χ3n) is 5.62. The van der Waals surface area contributed by atoms with Crippen LogP contribution in [-0.4, -0.2) is 48.5 Å². The van der Waals surface area contributed by atoms with Crippen LogP contribution >= 0.6 is 0 Å². The van der Waals surface area contributed by atoms with Crippen molar-refractivity contribution in [1.29, 1.82) is 5.26 Å². The number of hydrogen-bond acceptors (Lipinski definition) is 4. The molecule has 2 aromatic carbocycles. The summed E-state index contributed by atoms with van der Waals surface area (Å²) in [7, 11) is 0. The fourth-order valence-electron chi connectivity index (χ4n) is 4.04. The predicted molar refractivity (Wildman–Crippen MR) is 107 cm³/mol. The molecule has 0 spiro atoms. The van der Waals surface area contributed by atoms with Crippen LogP contribution in [0.2, 0.25) is 0 Å². The average molecular weight is 375 g/mol. The van der Waals surface area contributed by atoms with Crippen molar-refractivity contribution in [3.8, 4) is 11.8 Å². The number of nitriles is 1. The highest BCUT2D eigenvalue weighted by atomic mass is 16.5. The van der Waals surface area contributed by atoms with E-state index in [9.17, 15) is 4.79 Å². The van der Waals surface area contributed by atoms with E-state index < -0.39 is 0 Å². The lowest BCUT2D eigenvalue weighted by Gasteiger charge is -2.29. The van der Waals surface area contributed by atoms with Crippen molar-refractivity contribution in [2.75, 3.05) is 32.8 Å². The Bertz CT molecular complexity index is 872. The van der Waals surface area contributed by atoms with Gasteiger partial charge in [0.05, 0.1) is 17.6 Å². The first kappa shape index (κ1) is 18.5. The molecule has 0 N–H and O–H groups in total. The Morgan fingerprint density at radius 1 is 1.07 bits per heavy atom. The van der Waals surface area contributed by atoms with E-state index in [4.69, 9.17) is 10.00 Å². The van der Waals surface area contributed by atoms with Crippen molar-refractivity contribution in [2.24, 2.45) is 5.92 Å². The Morgan fingerprint density at radius 3 is 2.71 bits per heavy atom. The smallest absolute Gasteiger partial charge is 0.229 e. The van der Waals surface area contributed by atoms with Crippen LogP contribution in [0.25, 0.3) is 0 Å². The van der Waals surface area contributed by atoms with Gasteiger partial charge in [0.25, 0.3) is 0 Å². The maximum Gasteiger partial charge on any atom is 0.229 e. The van der Waals surface area contributed by atoms with Crippen LogP contribution in [0.1, 0.15) is 23.1 Å². The number of para-hydroxylation sites is 1. The monoisotopic (exact) mass is 375 g/mol. The molecular weight excluding hydrogens is 350 g/mol. The second-order valence-electron chi connectivity index (χ2n) is 7.58. The molecule has 144 valence electrons. The number of rotatable bonds is 3. The second-order valence-corrected chi connectivity index (χ2v) is 7.58. The quantitative estimate of drug-likeness (QED) is 0.828. The molecule has 2 heterocycles. The van der Waals surface area contributed by atoms with Gasteiger partial charge in [-0.05, 0) is 42.2 Å². The van der Waals surface area contributed by atoms with Gasteiger partial charge in [-0.2, -0.15) is 5.26 Å². The fraction of sp³-hybridized carbons (Fsp3) is 0.391. The molecule has 2 aliphatic rings. The molecule has 0 radical (unpaired) electrons. The highest BCUT2D eigenvalue weighted by Gasteiger charge is 2.30. The van der Waals surface area contributed by atoms with Crippen LogP contribution in [0.3, 0.4) is 0 Å². The highest BCUT2D eigenvalue weighted by Crippen LogP contribution is 2.28. The van der Waals surface area contributed by atoms with Gasteiger partial charge in [0.2, 0.25) is 5.91 Å². The van der Waals surface area contributed by atoms with E-state index >= 15 is 0 Å². The molecule has 2 aliphatic heterocycles. The summed E-state index contributed by atoms with van der Waals surface area (Å²) in [6.07, 6.45) is 1.74. The van der Waals surface area contributed by atoms with Crippen molar-refractivity contribution in [3.05, 3.63) is 65.2 Å². The van der Waals surface area contributed by atoms with Crippen molar-refractivity contribution in [3.63, 3.8) is 0 Å². The van der Waals surface area contributed by atoms with Crippen LogP contribution in [0.15, 0.2) is 48.5 Å². The lowest BCUT2D eigenvalue weighted by atomic mass is 9.95. The number of amides is 1. The Labute approximate surface area is 166 Å². The van der Waals surface area contributed by atoms with E-state index in [1.165, 1.54) is 5.56 Å². The molecule has 0 aromatic heterocycles. The molecule has 1 amide bonds. The topological polar surface area (TPSA) is 56.6 Å². The first-order chi connectivity index (χ1) is 13.7. The van der Waals surface area contributed by atoms with E-state index in [0.29, 0.717) is 12.2 Å². The Morgan fingerprint density at radius 2 is 1.89 bits per heavy atom. The van der Waals surface area contributed by atoms with Crippen LogP contribution in [0.4, 0.5) is 0 Å². The third kappa shape index (κ3) is 4.18. The predicted octanol–water partition coefficient (Wildman–Crippen LogP) is 2.84. The third-order valence-corrected chi connectivity index (χ3v) is 5.62. The number of fused-ring (bicyclic) bond motifs is 1. The molecule has 1 atom stereocenters. The highest BCUT2D eigenvalue weighted by molar-refractivity contribution is 5.79.